The monoisotopic (exact) mass is 369 g/mol. The van der Waals surface area contributed by atoms with Gasteiger partial charge in [0.2, 0.25) is 0 Å². The summed E-state index contributed by atoms with van der Waals surface area (Å²) in [5.41, 5.74) is 1.97. The highest BCUT2D eigenvalue weighted by molar-refractivity contribution is 8.26. The van der Waals surface area contributed by atoms with Crippen LogP contribution in [0.3, 0.4) is 0 Å². The smallest absolute Gasteiger partial charge is 0.266 e. The fraction of sp³-hybridized carbons (Fsp3) is 0.158. The van der Waals surface area contributed by atoms with Crippen molar-refractivity contribution in [2.24, 2.45) is 0 Å². The summed E-state index contributed by atoms with van der Waals surface area (Å²) < 4.78 is 11.8. The number of nitrogens with zero attached hydrogens (tertiary/aromatic N) is 1. The number of thiocarbonyl (C=S) groups is 1. The summed E-state index contributed by atoms with van der Waals surface area (Å²) in [5.74, 6) is 1.47. The molecule has 1 aromatic heterocycles. The number of hydrogen-bond acceptors (Lipinski definition) is 5. The molecule has 0 spiro atoms. The Bertz CT molecular complexity index is 899. The second-order valence-corrected chi connectivity index (χ2v) is 7.47. The lowest BCUT2D eigenvalue weighted by Gasteiger charge is -2.23. The molecule has 1 atom stereocenters. The molecule has 1 saturated heterocycles. The highest BCUT2D eigenvalue weighted by Gasteiger charge is 2.33. The van der Waals surface area contributed by atoms with Crippen molar-refractivity contribution in [3.05, 3.63) is 70.5 Å². The third kappa shape index (κ3) is 3.15. The van der Waals surface area contributed by atoms with Gasteiger partial charge in [-0.1, -0.05) is 42.2 Å². The van der Waals surface area contributed by atoms with Gasteiger partial charge in [-0.15, -0.1) is 0 Å². The summed E-state index contributed by atoms with van der Waals surface area (Å²) in [5, 5.41) is 0. The van der Waals surface area contributed by atoms with E-state index in [0.29, 0.717) is 21.5 Å². The van der Waals surface area contributed by atoms with Crippen molar-refractivity contribution in [1.29, 1.82) is 0 Å². The Morgan fingerprint density at radius 1 is 1.28 bits per heavy atom. The number of hydrogen-bond donors (Lipinski definition) is 0. The molecule has 0 N–H and O–H groups in total. The maximum atomic E-state index is 12.7. The molecule has 0 radical (unpaired) electrons. The average molecular weight is 369 g/mol. The van der Waals surface area contributed by atoms with E-state index < -0.39 is 0 Å². The molecule has 25 heavy (non-hydrogen) atoms. The van der Waals surface area contributed by atoms with Gasteiger partial charge in [0, 0.05) is 5.56 Å². The summed E-state index contributed by atoms with van der Waals surface area (Å²) in [7, 11) is 0. The van der Waals surface area contributed by atoms with Gasteiger partial charge in [0.25, 0.3) is 5.91 Å². The van der Waals surface area contributed by atoms with Gasteiger partial charge in [-0.25, -0.2) is 0 Å². The fourth-order valence-electron chi connectivity index (χ4n) is 2.77. The van der Waals surface area contributed by atoms with E-state index in [1.165, 1.54) is 11.8 Å². The van der Waals surface area contributed by atoms with Crippen LogP contribution in [-0.2, 0) is 11.3 Å². The van der Waals surface area contributed by atoms with E-state index in [1.807, 2.05) is 43.3 Å². The zero-order chi connectivity index (χ0) is 17.4. The van der Waals surface area contributed by atoms with Gasteiger partial charge >= 0.3 is 0 Å². The average Bonchev–Trinajstić information content (AvgIpc) is 3.20. The molecule has 1 aromatic carbocycles. The third-order valence-corrected chi connectivity index (χ3v) is 5.46. The van der Waals surface area contributed by atoms with Crippen LogP contribution in [0.2, 0.25) is 0 Å². The van der Waals surface area contributed by atoms with E-state index in [1.54, 1.807) is 17.2 Å². The van der Waals surface area contributed by atoms with Gasteiger partial charge < -0.3 is 9.15 Å². The minimum Gasteiger partial charge on any atom is -0.485 e. The predicted octanol–water partition coefficient (Wildman–Crippen LogP) is 4.39. The van der Waals surface area contributed by atoms with E-state index in [0.717, 1.165) is 16.9 Å². The van der Waals surface area contributed by atoms with Gasteiger partial charge in [0.1, 0.15) is 21.9 Å². The molecule has 2 aromatic rings. The van der Waals surface area contributed by atoms with Crippen LogP contribution in [0.15, 0.2) is 63.6 Å². The Morgan fingerprint density at radius 3 is 2.92 bits per heavy atom. The molecule has 0 aliphatic carbocycles. The largest absolute Gasteiger partial charge is 0.485 e. The van der Waals surface area contributed by atoms with Crippen molar-refractivity contribution in [3.8, 4) is 5.75 Å². The maximum absolute atomic E-state index is 12.7. The highest BCUT2D eigenvalue weighted by Crippen LogP contribution is 2.36. The number of ether oxygens (including phenoxy) is 1. The van der Waals surface area contributed by atoms with E-state index in [4.69, 9.17) is 21.4 Å². The minimum absolute atomic E-state index is 0.0987. The Balaban J connectivity index is 1.60. The normalized spacial score (nSPS) is 21.3. The van der Waals surface area contributed by atoms with Crippen molar-refractivity contribution >= 4 is 40.3 Å². The molecule has 2 aliphatic rings. The fourth-order valence-corrected chi connectivity index (χ4v) is 4.02. The lowest BCUT2D eigenvalue weighted by molar-refractivity contribution is -0.122. The maximum Gasteiger partial charge on any atom is 0.266 e. The van der Waals surface area contributed by atoms with Crippen molar-refractivity contribution in [3.63, 3.8) is 0 Å². The number of para-hydroxylation sites is 1. The Hall–Kier alpha value is -2.31. The first-order chi connectivity index (χ1) is 12.1. The summed E-state index contributed by atoms with van der Waals surface area (Å²) >= 11 is 6.67. The zero-order valence-corrected chi connectivity index (χ0v) is 15.1. The zero-order valence-electron chi connectivity index (χ0n) is 13.5. The molecule has 4 nitrogen and oxygen atoms in total. The van der Waals surface area contributed by atoms with Gasteiger partial charge in [0.15, 0.2) is 0 Å². The number of furan rings is 1. The first kappa shape index (κ1) is 16.2. The number of carbonyl (C=O) groups is 1. The lowest BCUT2D eigenvalue weighted by Crippen LogP contribution is -2.27. The van der Waals surface area contributed by atoms with Crippen LogP contribution < -0.4 is 4.74 Å². The molecule has 3 heterocycles. The predicted molar refractivity (Wildman–Crippen MR) is 102 cm³/mol. The number of fused-ring (bicyclic) bond motifs is 1. The summed E-state index contributed by atoms with van der Waals surface area (Å²) in [6.45, 7) is 2.32. The van der Waals surface area contributed by atoms with E-state index >= 15 is 0 Å². The summed E-state index contributed by atoms with van der Waals surface area (Å²) in [6, 6.07) is 11.5. The molecular formula is C19H15NO3S2. The van der Waals surface area contributed by atoms with E-state index in [-0.39, 0.29) is 12.0 Å². The SMILES string of the molecule is CC1Oc2ccccc2C=C1/C=C1\SC(=S)N(Cc2ccco2)C1=O. The van der Waals surface area contributed by atoms with Crippen molar-refractivity contribution in [2.75, 3.05) is 0 Å². The van der Waals surface area contributed by atoms with Crippen molar-refractivity contribution in [1.82, 2.24) is 4.90 Å². The molecule has 1 fully saturated rings. The first-order valence-corrected chi connectivity index (χ1v) is 9.09. The molecule has 1 unspecified atom stereocenters. The van der Waals surface area contributed by atoms with Crippen LogP contribution in [0.1, 0.15) is 18.2 Å². The van der Waals surface area contributed by atoms with Crippen LogP contribution in [0.4, 0.5) is 0 Å². The summed E-state index contributed by atoms with van der Waals surface area (Å²) in [6.07, 6.45) is 5.40. The molecule has 0 bridgehead atoms. The van der Waals surface area contributed by atoms with Crippen LogP contribution in [0.25, 0.3) is 6.08 Å². The first-order valence-electron chi connectivity index (χ1n) is 7.87. The highest BCUT2D eigenvalue weighted by atomic mass is 32.2. The third-order valence-electron chi connectivity index (χ3n) is 4.08. The van der Waals surface area contributed by atoms with Gasteiger partial charge in [-0.3, -0.25) is 9.69 Å². The second kappa shape index (κ2) is 6.54. The number of thioether (sulfide) groups is 1. The number of benzene rings is 1. The molecule has 1 amide bonds. The van der Waals surface area contributed by atoms with Crippen LogP contribution in [0, 0.1) is 0 Å². The molecular weight excluding hydrogens is 354 g/mol. The number of amides is 1. The number of carbonyl (C=O) groups excluding carboxylic acids is 1. The Morgan fingerprint density at radius 2 is 2.12 bits per heavy atom. The van der Waals surface area contributed by atoms with Crippen molar-refractivity contribution in [2.45, 2.75) is 19.6 Å². The molecule has 6 heteroatoms. The summed E-state index contributed by atoms with van der Waals surface area (Å²) in [4.78, 5) is 14.9. The lowest BCUT2D eigenvalue weighted by atomic mass is 10.0. The van der Waals surface area contributed by atoms with Gasteiger partial charge in [0.05, 0.1) is 17.7 Å². The van der Waals surface area contributed by atoms with Crippen LogP contribution in [-0.4, -0.2) is 21.2 Å². The minimum atomic E-state index is -0.122. The van der Waals surface area contributed by atoms with E-state index in [2.05, 4.69) is 6.08 Å². The van der Waals surface area contributed by atoms with Gasteiger partial charge in [-0.05, 0) is 42.8 Å². The topological polar surface area (TPSA) is 42.7 Å². The quantitative estimate of drug-likeness (QED) is 0.593. The van der Waals surface area contributed by atoms with Gasteiger partial charge in [-0.2, -0.15) is 0 Å². The molecule has 2 aliphatic heterocycles. The Kier molecular flexibility index (Phi) is 4.23. The number of rotatable bonds is 3. The second-order valence-electron chi connectivity index (χ2n) is 5.79. The van der Waals surface area contributed by atoms with E-state index in [9.17, 15) is 4.79 Å². The molecule has 126 valence electrons. The van der Waals surface area contributed by atoms with Crippen LogP contribution >= 0.6 is 24.0 Å². The van der Waals surface area contributed by atoms with Crippen molar-refractivity contribution < 1.29 is 13.9 Å². The van der Waals surface area contributed by atoms with Crippen LogP contribution in [0.5, 0.6) is 5.75 Å². The molecule has 4 rings (SSSR count). The standard InChI is InChI=1S/C19H15NO3S2/c1-12-14(9-13-5-2-3-7-16(13)23-12)10-17-18(21)20(19(24)25-17)11-15-6-4-8-22-15/h2-10,12H,11H2,1H3/b17-10-. The Labute approximate surface area is 155 Å². The molecule has 0 saturated carbocycles.